The van der Waals surface area contributed by atoms with Gasteiger partial charge in [-0.05, 0) is 46.5 Å². The van der Waals surface area contributed by atoms with E-state index in [0.717, 1.165) is 33.7 Å². The number of Topliss-reactive ketones (excluding diaryl/α,β-unsaturated/α-hetero) is 1. The van der Waals surface area contributed by atoms with Crippen molar-refractivity contribution >= 4 is 12.0 Å². The molecule has 0 amide bonds. The van der Waals surface area contributed by atoms with Crippen LogP contribution >= 0.6 is 0 Å². The van der Waals surface area contributed by atoms with Crippen molar-refractivity contribution in [1.29, 1.82) is 0 Å². The van der Waals surface area contributed by atoms with E-state index in [4.69, 9.17) is 10.5 Å². The number of ether oxygens (including phenoxy) is 1. The lowest BCUT2D eigenvalue weighted by Gasteiger charge is -2.18. The van der Waals surface area contributed by atoms with E-state index >= 15 is 0 Å². The van der Waals surface area contributed by atoms with Crippen LogP contribution in [-0.2, 0) is 6.54 Å². The summed E-state index contributed by atoms with van der Waals surface area (Å²) in [6, 6.07) is 22.9. The summed E-state index contributed by atoms with van der Waals surface area (Å²) in [5, 5.41) is 0. The Bertz CT molecular complexity index is 1300. The second kappa shape index (κ2) is 8.24. The number of hydrogen-bond acceptors (Lipinski definition) is 5. The number of rotatable bonds is 5. The first kappa shape index (κ1) is 19.9. The fourth-order valence-electron chi connectivity index (χ4n) is 4.04. The first-order valence-electron chi connectivity index (χ1n) is 10.4. The number of hydrogen-bond donors (Lipinski definition) is 1. The number of benzene rings is 3. The molecule has 4 aromatic rings. The molecule has 158 valence electrons. The smallest absolute Gasteiger partial charge is 0.210 e. The molecule has 1 unspecified atom stereocenters. The molecule has 6 heteroatoms. The van der Waals surface area contributed by atoms with Crippen molar-refractivity contribution in [3.05, 3.63) is 102 Å². The standard InChI is InChI=1S/C26H22N4O2/c1-32-21-12-10-20(11-13-21)30-16-29-23-15-28-24(26(31)25(23)30)18-8-6-17(7-9-18)22-5-3-2-4-19(22)14-27/h2-13,15-16,24H,14,27H2,1H3. The molecule has 1 atom stereocenters. The number of aromatic nitrogens is 2. The zero-order chi connectivity index (χ0) is 22.1. The van der Waals surface area contributed by atoms with Crippen molar-refractivity contribution in [2.75, 3.05) is 7.11 Å². The zero-order valence-corrected chi connectivity index (χ0v) is 17.6. The minimum Gasteiger partial charge on any atom is -0.497 e. The molecule has 0 radical (unpaired) electrons. The molecule has 0 saturated heterocycles. The van der Waals surface area contributed by atoms with Crippen LogP contribution in [0.3, 0.4) is 0 Å². The van der Waals surface area contributed by atoms with Gasteiger partial charge in [0.1, 0.15) is 29.5 Å². The molecular formula is C26H22N4O2. The van der Waals surface area contributed by atoms with Crippen LogP contribution in [0.25, 0.3) is 16.8 Å². The number of methoxy groups -OCH3 is 1. The second-order valence-corrected chi connectivity index (χ2v) is 7.57. The summed E-state index contributed by atoms with van der Waals surface area (Å²) >= 11 is 0. The molecule has 1 aromatic heterocycles. The van der Waals surface area contributed by atoms with Crippen LogP contribution in [0.2, 0.25) is 0 Å². The fourth-order valence-corrected chi connectivity index (χ4v) is 4.04. The summed E-state index contributed by atoms with van der Waals surface area (Å²) in [5.74, 6) is 0.677. The lowest BCUT2D eigenvalue weighted by molar-refractivity contribution is 0.0953. The van der Waals surface area contributed by atoms with Gasteiger partial charge in [-0.2, -0.15) is 0 Å². The molecule has 0 aliphatic carbocycles. The molecule has 2 N–H and O–H groups in total. The average molecular weight is 422 g/mol. The molecule has 32 heavy (non-hydrogen) atoms. The molecule has 6 nitrogen and oxygen atoms in total. The van der Waals surface area contributed by atoms with Crippen molar-refractivity contribution in [3.8, 4) is 22.6 Å². The molecule has 3 aromatic carbocycles. The predicted octanol–water partition coefficient (Wildman–Crippen LogP) is 4.36. The van der Waals surface area contributed by atoms with Crippen LogP contribution in [0.15, 0.2) is 84.1 Å². The third-order valence-electron chi connectivity index (χ3n) is 5.75. The number of aliphatic imine (C=N–C) groups is 1. The van der Waals surface area contributed by atoms with Gasteiger partial charge in [-0.15, -0.1) is 0 Å². The van der Waals surface area contributed by atoms with Gasteiger partial charge >= 0.3 is 0 Å². The second-order valence-electron chi connectivity index (χ2n) is 7.57. The number of carbonyl (C=O) groups is 1. The number of fused-ring (bicyclic) bond motifs is 1. The average Bonchev–Trinajstić information content (AvgIpc) is 3.29. The summed E-state index contributed by atoms with van der Waals surface area (Å²) in [7, 11) is 1.62. The van der Waals surface area contributed by atoms with Gasteiger partial charge in [0.15, 0.2) is 0 Å². The van der Waals surface area contributed by atoms with Gasteiger partial charge in [-0.25, -0.2) is 4.98 Å². The van der Waals surface area contributed by atoms with Gasteiger partial charge in [-0.1, -0.05) is 48.5 Å². The highest BCUT2D eigenvalue weighted by Gasteiger charge is 2.30. The van der Waals surface area contributed by atoms with E-state index in [0.29, 0.717) is 17.9 Å². The summed E-state index contributed by atoms with van der Waals surface area (Å²) in [6.45, 7) is 0.474. The first-order chi connectivity index (χ1) is 15.7. The van der Waals surface area contributed by atoms with Gasteiger partial charge < -0.3 is 10.5 Å². The minimum absolute atomic E-state index is 0.0778. The number of imidazole rings is 1. The Kier molecular flexibility index (Phi) is 5.13. The maximum absolute atomic E-state index is 13.4. The third-order valence-corrected chi connectivity index (χ3v) is 5.75. The predicted molar refractivity (Wildman–Crippen MR) is 125 cm³/mol. The van der Waals surface area contributed by atoms with E-state index in [2.05, 4.69) is 16.0 Å². The maximum atomic E-state index is 13.4. The highest BCUT2D eigenvalue weighted by atomic mass is 16.5. The molecule has 0 spiro atoms. The minimum atomic E-state index is -0.602. The Morgan fingerprint density at radius 3 is 2.47 bits per heavy atom. The van der Waals surface area contributed by atoms with E-state index in [-0.39, 0.29) is 5.78 Å². The summed E-state index contributed by atoms with van der Waals surface area (Å²) < 4.78 is 7.04. The molecule has 0 bridgehead atoms. The van der Waals surface area contributed by atoms with Crippen molar-refractivity contribution < 1.29 is 9.53 Å². The van der Waals surface area contributed by atoms with Crippen LogP contribution in [-0.4, -0.2) is 28.7 Å². The van der Waals surface area contributed by atoms with Gasteiger partial charge in [0, 0.05) is 12.2 Å². The molecule has 0 fully saturated rings. The largest absolute Gasteiger partial charge is 0.497 e. The zero-order valence-electron chi connectivity index (χ0n) is 17.6. The lowest BCUT2D eigenvalue weighted by Crippen LogP contribution is -2.20. The molecular weight excluding hydrogens is 400 g/mol. The van der Waals surface area contributed by atoms with E-state index in [9.17, 15) is 4.79 Å². The van der Waals surface area contributed by atoms with Crippen molar-refractivity contribution in [1.82, 2.24) is 9.55 Å². The van der Waals surface area contributed by atoms with Crippen molar-refractivity contribution in [2.45, 2.75) is 12.6 Å². The summed E-state index contributed by atoms with van der Waals surface area (Å²) in [6.07, 6.45) is 3.34. The Hall–Kier alpha value is -4.03. The lowest BCUT2D eigenvalue weighted by atomic mass is 9.94. The topological polar surface area (TPSA) is 82.5 Å². The van der Waals surface area contributed by atoms with E-state index in [1.165, 1.54) is 0 Å². The fraction of sp³-hybridized carbons (Fsp3) is 0.115. The number of nitrogens with two attached hydrogens (primary N) is 1. The monoisotopic (exact) mass is 422 g/mol. The number of ketones is 1. The number of carbonyl (C=O) groups excluding carboxylic acids is 1. The maximum Gasteiger partial charge on any atom is 0.210 e. The quantitative estimate of drug-likeness (QED) is 0.518. The van der Waals surface area contributed by atoms with E-state index in [1.54, 1.807) is 24.2 Å². The van der Waals surface area contributed by atoms with Gasteiger partial charge in [0.05, 0.1) is 13.3 Å². The van der Waals surface area contributed by atoms with E-state index < -0.39 is 6.04 Å². The SMILES string of the molecule is COc1ccc(-n2cnc3c2C(=O)C(c2ccc(-c4ccccc4CN)cc2)N=C3)cc1. The Morgan fingerprint density at radius 1 is 1.00 bits per heavy atom. The third kappa shape index (κ3) is 3.40. The Labute approximate surface area is 186 Å². The summed E-state index contributed by atoms with van der Waals surface area (Å²) in [4.78, 5) is 22.3. The Morgan fingerprint density at radius 2 is 1.75 bits per heavy atom. The van der Waals surface area contributed by atoms with Crippen molar-refractivity contribution in [2.24, 2.45) is 10.7 Å². The summed E-state index contributed by atoms with van der Waals surface area (Å²) in [5.41, 5.74) is 11.9. The first-order valence-corrected chi connectivity index (χ1v) is 10.4. The highest BCUT2D eigenvalue weighted by Crippen LogP contribution is 2.31. The van der Waals surface area contributed by atoms with Crippen molar-refractivity contribution in [3.63, 3.8) is 0 Å². The highest BCUT2D eigenvalue weighted by molar-refractivity contribution is 6.08. The van der Waals surface area contributed by atoms with Crippen LogP contribution in [0.4, 0.5) is 0 Å². The molecule has 5 rings (SSSR count). The van der Waals surface area contributed by atoms with Crippen LogP contribution < -0.4 is 10.5 Å². The van der Waals surface area contributed by atoms with Gasteiger partial charge in [-0.3, -0.25) is 14.4 Å². The molecule has 1 aliphatic rings. The molecule has 0 saturated carbocycles. The van der Waals surface area contributed by atoms with E-state index in [1.807, 2.05) is 66.7 Å². The van der Waals surface area contributed by atoms with Crippen LogP contribution in [0, 0.1) is 0 Å². The molecule has 2 heterocycles. The normalized spacial score (nSPS) is 14.9. The molecule has 1 aliphatic heterocycles. The number of nitrogens with zero attached hydrogens (tertiary/aromatic N) is 3. The van der Waals surface area contributed by atoms with Gasteiger partial charge in [0.25, 0.3) is 0 Å². The van der Waals surface area contributed by atoms with Crippen LogP contribution in [0.5, 0.6) is 5.75 Å². The van der Waals surface area contributed by atoms with Crippen LogP contribution in [0.1, 0.15) is 33.4 Å². The Balaban J connectivity index is 1.46. The van der Waals surface area contributed by atoms with Gasteiger partial charge in [0.2, 0.25) is 5.78 Å².